The summed E-state index contributed by atoms with van der Waals surface area (Å²) in [4.78, 5) is 6.81. The van der Waals surface area contributed by atoms with Crippen LogP contribution in [0.1, 0.15) is 10.4 Å². The monoisotopic (exact) mass is 189 g/mol. The van der Waals surface area contributed by atoms with Crippen molar-refractivity contribution >= 4 is 11.3 Å². The van der Waals surface area contributed by atoms with Gasteiger partial charge in [-0.2, -0.15) is 0 Å². The van der Waals surface area contributed by atoms with Crippen LogP contribution in [0.4, 0.5) is 0 Å². The summed E-state index contributed by atoms with van der Waals surface area (Å²) < 4.78 is 0. The Morgan fingerprint density at radius 2 is 2.15 bits per heavy atom. The van der Waals surface area contributed by atoms with Crippen LogP contribution in [0.3, 0.4) is 0 Å². The summed E-state index contributed by atoms with van der Waals surface area (Å²) in [6.45, 7) is 4.28. The molecule has 66 valence electrons. The Labute approximate surface area is 82.1 Å². The molecule has 0 saturated carbocycles. The smallest absolute Gasteiger partial charge is 0.0390 e. The highest BCUT2D eigenvalue weighted by molar-refractivity contribution is 7.15. The van der Waals surface area contributed by atoms with Gasteiger partial charge in [0.1, 0.15) is 0 Å². The van der Waals surface area contributed by atoms with E-state index in [1.165, 1.54) is 20.9 Å². The summed E-state index contributed by atoms with van der Waals surface area (Å²) >= 11 is 1.83. The molecule has 0 bridgehead atoms. The second-order valence-electron chi connectivity index (χ2n) is 3.11. The van der Waals surface area contributed by atoms with E-state index in [-0.39, 0.29) is 0 Å². The van der Waals surface area contributed by atoms with E-state index < -0.39 is 0 Å². The molecule has 0 atom stereocenters. The quantitative estimate of drug-likeness (QED) is 0.669. The first-order valence-electron chi connectivity index (χ1n) is 4.25. The number of pyridine rings is 1. The van der Waals surface area contributed by atoms with Crippen LogP contribution < -0.4 is 0 Å². The first-order valence-corrected chi connectivity index (χ1v) is 5.06. The van der Waals surface area contributed by atoms with Crippen LogP contribution in [0.15, 0.2) is 30.6 Å². The number of hydrogen-bond acceptors (Lipinski definition) is 2. The van der Waals surface area contributed by atoms with Gasteiger partial charge >= 0.3 is 0 Å². The molecule has 2 heterocycles. The maximum atomic E-state index is 4.12. The largest absolute Gasteiger partial charge is 0.264 e. The summed E-state index contributed by atoms with van der Waals surface area (Å²) in [5.74, 6) is 0. The molecule has 2 rings (SSSR count). The fourth-order valence-electron chi connectivity index (χ4n) is 1.43. The molecule has 2 aromatic rings. The van der Waals surface area contributed by atoms with E-state index >= 15 is 0 Å². The van der Waals surface area contributed by atoms with Gasteiger partial charge in [-0.05, 0) is 31.5 Å². The standard InChI is InChI=1S/C11H11NS/c1-8-6-9(2)13-11(8)10-4-3-5-12-7-10/h3-7H,1-2H3. The van der Waals surface area contributed by atoms with E-state index in [1.54, 1.807) is 6.20 Å². The minimum atomic E-state index is 1.22. The molecule has 0 amide bonds. The molecule has 2 aromatic heterocycles. The van der Waals surface area contributed by atoms with Gasteiger partial charge in [-0.3, -0.25) is 4.98 Å². The van der Waals surface area contributed by atoms with Crippen LogP contribution in [0.2, 0.25) is 0 Å². The van der Waals surface area contributed by atoms with Crippen molar-refractivity contribution in [2.45, 2.75) is 13.8 Å². The lowest BCUT2D eigenvalue weighted by atomic mass is 10.2. The Balaban J connectivity index is 2.53. The van der Waals surface area contributed by atoms with Crippen LogP contribution >= 0.6 is 11.3 Å². The second-order valence-corrected chi connectivity index (χ2v) is 4.37. The maximum Gasteiger partial charge on any atom is 0.0390 e. The van der Waals surface area contributed by atoms with E-state index in [4.69, 9.17) is 0 Å². The minimum Gasteiger partial charge on any atom is -0.264 e. The van der Waals surface area contributed by atoms with Crippen LogP contribution in [-0.2, 0) is 0 Å². The zero-order valence-corrected chi connectivity index (χ0v) is 8.56. The third kappa shape index (κ3) is 1.63. The molecule has 0 N–H and O–H groups in total. The first kappa shape index (κ1) is 8.45. The average Bonchev–Trinajstić information content (AvgIpc) is 2.47. The van der Waals surface area contributed by atoms with Crippen molar-refractivity contribution in [3.8, 4) is 10.4 Å². The molecule has 0 aromatic carbocycles. The highest BCUT2D eigenvalue weighted by Crippen LogP contribution is 2.30. The van der Waals surface area contributed by atoms with Gasteiger partial charge in [-0.15, -0.1) is 11.3 Å². The zero-order chi connectivity index (χ0) is 9.26. The minimum absolute atomic E-state index is 1.22. The summed E-state index contributed by atoms with van der Waals surface area (Å²) in [7, 11) is 0. The summed E-state index contributed by atoms with van der Waals surface area (Å²) in [6.07, 6.45) is 3.72. The molecule has 0 aliphatic heterocycles. The maximum absolute atomic E-state index is 4.12. The summed E-state index contributed by atoms with van der Waals surface area (Å²) in [6, 6.07) is 6.29. The predicted molar refractivity (Wildman–Crippen MR) is 57.0 cm³/mol. The number of aryl methyl sites for hydroxylation is 2. The van der Waals surface area contributed by atoms with Crippen LogP contribution in [0, 0.1) is 13.8 Å². The lowest BCUT2D eigenvalue weighted by Crippen LogP contribution is -1.76. The van der Waals surface area contributed by atoms with Crippen molar-refractivity contribution in [3.63, 3.8) is 0 Å². The third-order valence-corrected chi connectivity index (χ3v) is 3.17. The van der Waals surface area contributed by atoms with Gasteiger partial charge in [-0.1, -0.05) is 6.07 Å². The van der Waals surface area contributed by atoms with Crippen molar-refractivity contribution < 1.29 is 0 Å². The van der Waals surface area contributed by atoms with Gasteiger partial charge in [0.25, 0.3) is 0 Å². The zero-order valence-electron chi connectivity index (χ0n) is 7.74. The van der Waals surface area contributed by atoms with Gasteiger partial charge in [-0.25, -0.2) is 0 Å². The van der Waals surface area contributed by atoms with E-state index in [0.717, 1.165) is 0 Å². The molecule has 13 heavy (non-hydrogen) atoms. The average molecular weight is 189 g/mol. The van der Waals surface area contributed by atoms with Gasteiger partial charge in [0.05, 0.1) is 0 Å². The van der Waals surface area contributed by atoms with Gasteiger partial charge in [0.2, 0.25) is 0 Å². The highest BCUT2D eigenvalue weighted by Gasteiger charge is 2.04. The predicted octanol–water partition coefficient (Wildman–Crippen LogP) is 3.43. The first-order chi connectivity index (χ1) is 6.27. The highest BCUT2D eigenvalue weighted by atomic mass is 32.1. The molecule has 0 unspecified atom stereocenters. The fraction of sp³-hybridized carbons (Fsp3) is 0.182. The summed E-state index contributed by atoms with van der Waals surface area (Å²) in [5.41, 5.74) is 2.56. The van der Waals surface area contributed by atoms with Crippen molar-refractivity contribution in [1.82, 2.24) is 4.98 Å². The molecule has 0 aliphatic carbocycles. The van der Waals surface area contributed by atoms with Gasteiger partial charge in [0.15, 0.2) is 0 Å². The van der Waals surface area contributed by atoms with Crippen LogP contribution in [0.5, 0.6) is 0 Å². The molecule has 0 saturated heterocycles. The van der Waals surface area contributed by atoms with Gasteiger partial charge in [0, 0.05) is 27.7 Å². The molecular formula is C11H11NS. The van der Waals surface area contributed by atoms with Crippen molar-refractivity contribution in [2.75, 3.05) is 0 Å². The third-order valence-electron chi connectivity index (χ3n) is 1.96. The lowest BCUT2D eigenvalue weighted by molar-refractivity contribution is 1.33. The topological polar surface area (TPSA) is 12.9 Å². The van der Waals surface area contributed by atoms with E-state index in [2.05, 4.69) is 31.0 Å². The van der Waals surface area contributed by atoms with Gasteiger partial charge < -0.3 is 0 Å². The van der Waals surface area contributed by atoms with E-state index in [9.17, 15) is 0 Å². The number of hydrogen-bond donors (Lipinski definition) is 0. The van der Waals surface area contributed by atoms with Crippen molar-refractivity contribution in [1.29, 1.82) is 0 Å². The molecule has 0 aliphatic rings. The molecule has 2 heteroatoms. The second kappa shape index (κ2) is 3.30. The summed E-state index contributed by atoms with van der Waals surface area (Å²) in [5, 5.41) is 0. The number of aromatic nitrogens is 1. The Hall–Kier alpha value is -1.15. The Morgan fingerprint density at radius 3 is 2.69 bits per heavy atom. The molecular weight excluding hydrogens is 178 g/mol. The van der Waals surface area contributed by atoms with Crippen molar-refractivity contribution in [2.24, 2.45) is 0 Å². The number of rotatable bonds is 1. The normalized spacial score (nSPS) is 10.3. The van der Waals surface area contributed by atoms with Crippen LogP contribution in [0.25, 0.3) is 10.4 Å². The molecule has 0 spiro atoms. The molecule has 0 fully saturated rings. The van der Waals surface area contributed by atoms with Crippen molar-refractivity contribution in [3.05, 3.63) is 41.0 Å². The number of nitrogens with zero attached hydrogens (tertiary/aromatic N) is 1. The fourth-order valence-corrected chi connectivity index (χ4v) is 2.44. The lowest BCUT2D eigenvalue weighted by Gasteiger charge is -1.96. The van der Waals surface area contributed by atoms with E-state index in [0.29, 0.717) is 0 Å². The Bertz CT molecular complexity index is 403. The molecule has 1 nitrogen and oxygen atoms in total. The molecule has 0 radical (unpaired) electrons. The van der Waals surface area contributed by atoms with Crippen LogP contribution in [-0.4, -0.2) is 4.98 Å². The SMILES string of the molecule is Cc1cc(C)c(-c2cccnc2)s1. The number of thiophene rings is 1. The Morgan fingerprint density at radius 1 is 1.31 bits per heavy atom. The Kier molecular flexibility index (Phi) is 2.15. The van der Waals surface area contributed by atoms with E-state index in [1.807, 2.05) is 23.6 Å².